The van der Waals surface area contributed by atoms with Crippen LogP contribution in [0.25, 0.3) is 0 Å². The molecule has 2 aliphatic carbocycles. The van der Waals surface area contributed by atoms with Crippen LogP contribution in [0, 0.1) is 17.8 Å². The summed E-state index contributed by atoms with van der Waals surface area (Å²) >= 11 is 0. The number of rotatable bonds is 2. The fraction of sp³-hybridized carbons (Fsp3) is 0.619. The largest absolute Gasteiger partial charge is 0.340 e. The Morgan fingerprint density at radius 3 is 2.31 bits per heavy atom. The summed E-state index contributed by atoms with van der Waals surface area (Å²) in [6.07, 6.45) is 3.07. The van der Waals surface area contributed by atoms with Crippen molar-refractivity contribution in [2.24, 2.45) is 17.8 Å². The van der Waals surface area contributed by atoms with Crippen molar-refractivity contribution in [3.8, 4) is 0 Å². The summed E-state index contributed by atoms with van der Waals surface area (Å²) < 4.78 is 13.3. The van der Waals surface area contributed by atoms with Gasteiger partial charge in [0.05, 0.1) is 12.0 Å². The van der Waals surface area contributed by atoms with E-state index in [0.29, 0.717) is 18.9 Å². The first-order valence-corrected chi connectivity index (χ1v) is 9.92. The fourth-order valence-electron chi connectivity index (χ4n) is 5.24. The molecule has 5 heteroatoms. The Morgan fingerprint density at radius 2 is 1.65 bits per heavy atom. The lowest BCUT2D eigenvalue weighted by molar-refractivity contribution is -0.141. The second-order valence-electron chi connectivity index (χ2n) is 8.45. The minimum Gasteiger partial charge on any atom is -0.340 e. The van der Waals surface area contributed by atoms with E-state index >= 15 is 0 Å². The van der Waals surface area contributed by atoms with Crippen LogP contribution in [0.5, 0.6) is 0 Å². The Morgan fingerprint density at radius 1 is 1.00 bits per heavy atom. The van der Waals surface area contributed by atoms with Crippen LogP contribution in [0.2, 0.25) is 0 Å². The zero-order valence-corrected chi connectivity index (χ0v) is 14.9. The van der Waals surface area contributed by atoms with Crippen molar-refractivity contribution in [3.63, 3.8) is 0 Å². The van der Waals surface area contributed by atoms with Gasteiger partial charge in [0.15, 0.2) is 0 Å². The summed E-state index contributed by atoms with van der Waals surface area (Å²) in [6, 6.07) is 8.45. The van der Waals surface area contributed by atoms with Gasteiger partial charge in [-0.3, -0.25) is 9.59 Å². The quantitative estimate of drug-likeness (QED) is 0.815. The third kappa shape index (κ3) is 2.63. The van der Waals surface area contributed by atoms with Crippen LogP contribution in [0.3, 0.4) is 0 Å². The Hall–Kier alpha value is -1.91. The van der Waals surface area contributed by atoms with Crippen LogP contribution >= 0.6 is 0 Å². The molecule has 1 aromatic carbocycles. The fourth-order valence-corrected chi connectivity index (χ4v) is 5.24. The molecule has 2 amide bonds. The number of carbonyl (C=O) groups excluding carboxylic acids is 2. The maximum absolute atomic E-state index is 13.3. The lowest BCUT2D eigenvalue weighted by Crippen LogP contribution is -2.53. The summed E-state index contributed by atoms with van der Waals surface area (Å²) in [4.78, 5) is 29.5. The SMILES string of the molecule is O=C([C@H]1C[C@H]1F)N1CC[C@@H]2CCN(C(=O)C3Cc4ccccc4C3)[C@@H]2C1. The van der Waals surface area contributed by atoms with Crippen molar-refractivity contribution >= 4 is 11.8 Å². The number of hydrogen-bond acceptors (Lipinski definition) is 2. The van der Waals surface area contributed by atoms with E-state index in [4.69, 9.17) is 0 Å². The molecule has 2 heterocycles. The maximum Gasteiger partial charge on any atom is 0.228 e. The van der Waals surface area contributed by atoms with Crippen molar-refractivity contribution in [3.05, 3.63) is 35.4 Å². The van der Waals surface area contributed by atoms with Crippen molar-refractivity contribution < 1.29 is 14.0 Å². The Labute approximate surface area is 153 Å². The van der Waals surface area contributed by atoms with Gasteiger partial charge >= 0.3 is 0 Å². The summed E-state index contributed by atoms with van der Waals surface area (Å²) in [5, 5.41) is 0. The number of likely N-dealkylation sites (tertiary alicyclic amines) is 2. The molecule has 2 aliphatic heterocycles. The molecule has 5 rings (SSSR count). The monoisotopic (exact) mass is 356 g/mol. The Balaban J connectivity index is 1.28. The summed E-state index contributed by atoms with van der Waals surface area (Å²) in [5.41, 5.74) is 2.59. The van der Waals surface area contributed by atoms with Crippen molar-refractivity contribution in [2.45, 2.75) is 44.3 Å². The molecule has 0 bridgehead atoms. The molecule has 0 aromatic heterocycles. The Bertz CT molecular complexity index is 726. The number of benzene rings is 1. The van der Waals surface area contributed by atoms with Gasteiger partial charge in [0, 0.05) is 25.6 Å². The van der Waals surface area contributed by atoms with Crippen molar-refractivity contribution in [1.82, 2.24) is 9.80 Å². The first-order valence-electron chi connectivity index (χ1n) is 9.92. The Kier molecular flexibility index (Phi) is 3.80. The van der Waals surface area contributed by atoms with Gasteiger partial charge in [-0.15, -0.1) is 0 Å². The summed E-state index contributed by atoms with van der Waals surface area (Å²) in [6.45, 7) is 2.12. The van der Waals surface area contributed by atoms with Crippen molar-refractivity contribution in [2.75, 3.05) is 19.6 Å². The number of hydrogen-bond donors (Lipinski definition) is 0. The molecule has 0 unspecified atom stereocenters. The van der Waals surface area contributed by atoms with Crippen molar-refractivity contribution in [1.29, 1.82) is 0 Å². The van der Waals surface area contributed by atoms with E-state index in [0.717, 1.165) is 38.8 Å². The highest BCUT2D eigenvalue weighted by Gasteiger charge is 2.49. The molecule has 1 aromatic rings. The van der Waals surface area contributed by atoms with E-state index < -0.39 is 12.1 Å². The molecule has 26 heavy (non-hydrogen) atoms. The van der Waals surface area contributed by atoms with E-state index in [2.05, 4.69) is 12.1 Å². The van der Waals surface area contributed by atoms with Crippen LogP contribution in [0.15, 0.2) is 24.3 Å². The van der Waals surface area contributed by atoms with E-state index in [1.165, 1.54) is 11.1 Å². The first kappa shape index (κ1) is 16.3. The molecule has 2 saturated heterocycles. The highest BCUT2D eigenvalue weighted by atomic mass is 19.1. The van der Waals surface area contributed by atoms with Gasteiger partial charge in [0.25, 0.3) is 0 Å². The van der Waals surface area contributed by atoms with E-state index in [1.807, 2.05) is 21.9 Å². The predicted molar refractivity (Wildman–Crippen MR) is 95.1 cm³/mol. The van der Waals surface area contributed by atoms with Crippen LogP contribution in [-0.2, 0) is 22.4 Å². The minimum absolute atomic E-state index is 0.0379. The van der Waals surface area contributed by atoms with E-state index in [1.54, 1.807) is 0 Å². The molecule has 138 valence electrons. The molecule has 3 fully saturated rings. The average Bonchev–Trinajstić information content (AvgIpc) is 3.09. The average molecular weight is 356 g/mol. The predicted octanol–water partition coefficient (Wildman–Crippen LogP) is 2.21. The van der Waals surface area contributed by atoms with Crippen LogP contribution in [-0.4, -0.2) is 53.5 Å². The third-order valence-corrected chi connectivity index (χ3v) is 6.89. The van der Waals surface area contributed by atoms with Crippen LogP contribution in [0.4, 0.5) is 4.39 Å². The topological polar surface area (TPSA) is 40.6 Å². The van der Waals surface area contributed by atoms with Gasteiger partial charge in [-0.25, -0.2) is 4.39 Å². The van der Waals surface area contributed by atoms with Crippen LogP contribution < -0.4 is 0 Å². The molecule has 0 radical (unpaired) electrons. The van der Waals surface area contributed by atoms with Crippen LogP contribution in [0.1, 0.15) is 30.4 Å². The molecule has 0 spiro atoms. The van der Waals surface area contributed by atoms with Gasteiger partial charge in [-0.1, -0.05) is 24.3 Å². The zero-order chi connectivity index (χ0) is 17.8. The lowest BCUT2D eigenvalue weighted by Gasteiger charge is -2.39. The van der Waals surface area contributed by atoms with Gasteiger partial charge in [0.2, 0.25) is 11.8 Å². The molecule has 4 nitrogen and oxygen atoms in total. The van der Waals surface area contributed by atoms with E-state index in [9.17, 15) is 14.0 Å². The molecule has 0 N–H and O–H groups in total. The highest BCUT2D eigenvalue weighted by molar-refractivity contribution is 5.83. The standard InChI is InChI=1S/C21H25FN2O2/c22-18-11-17(18)21(26)23-7-5-13-6-8-24(19(13)12-23)20(25)16-9-14-3-1-2-4-15(14)10-16/h1-4,13,16-19H,5-12H2/t13-,17+,18-,19-/m1/s1. The molecule has 1 saturated carbocycles. The third-order valence-electron chi connectivity index (χ3n) is 6.89. The second-order valence-corrected chi connectivity index (χ2v) is 8.45. The van der Waals surface area contributed by atoms with Gasteiger partial charge in [-0.05, 0) is 49.1 Å². The second kappa shape index (κ2) is 6.07. The normalized spacial score (nSPS) is 33.1. The molecular formula is C21H25FN2O2. The number of halogens is 1. The number of alkyl halides is 1. The van der Waals surface area contributed by atoms with Gasteiger partial charge in [0.1, 0.15) is 6.17 Å². The lowest BCUT2D eigenvalue weighted by atomic mass is 9.91. The van der Waals surface area contributed by atoms with E-state index in [-0.39, 0.29) is 23.8 Å². The zero-order valence-electron chi connectivity index (χ0n) is 14.9. The number of fused-ring (bicyclic) bond motifs is 2. The maximum atomic E-state index is 13.3. The smallest absolute Gasteiger partial charge is 0.228 e. The molecular weight excluding hydrogens is 331 g/mol. The first-order chi connectivity index (χ1) is 12.6. The van der Waals surface area contributed by atoms with Gasteiger partial charge < -0.3 is 9.80 Å². The van der Waals surface area contributed by atoms with Gasteiger partial charge in [-0.2, -0.15) is 0 Å². The number of amides is 2. The summed E-state index contributed by atoms with van der Waals surface area (Å²) in [5.74, 6) is 0.325. The summed E-state index contributed by atoms with van der Waals surface area (Å²) in [7, 11) is 0. The number of piperidine rings is 1. The number of nitrogens with zero attached hydrogens (tertiary/aromatic N) is 2. The molecule has 4 aliphatic rings. The number of carbonyl (C=O) groups is 2. The molecule has 4 atom stereocenters. The minimum atomic E-state index is -0.946. The highest BCUT2D eigenvalue weighted by Crippen LogP contribution is 2.39.